The number of ether oxygens (including phenoxy) is 2. The standard InChI is InChI=1S/C22H25F2NO3/c1-22(2,3)28-21(26)25-10-9-17-18(13-25)19(11-16(12-23)20(17)24)27-14-15-7-5-4-6-8-15/h4-8,11H,9-10,12-14H2,1-3H3. The minimum absolute atomic E-state index is 0.0208. The molecule has 6 heteroatoms. The fraction of sp³-hybridized carbons (Fsp3) is 0.409. The highest BCUT2D eigenvalue weighted by molar-refractivity contribution is 5.69. The largest absolute Gasteiger partial charge is 0.489 e. The Labute approximate surface area is 164 Å². The molecule has 0 atom stereocenters. The van der Waals surface area contributed by atoms with Gasteiger partial charge in [0, 0.05) is 17.7 Å². The second-order valence-corrected chi connectivity index (χ2v) is 7.86. The van der Waals surface area contributed by atoms with E-state index < -0.39 is 24.2 Å². The van der Waals surface area contributed by atoms with Crippen LogP contribution in [0.15, 0.2) is 36.4 Å². The van der Waals surface area contributed by atoms with Gasteiger partial charge in [-0.15, -0.1) is 0 Å². The third kappa shape index (κ3) is 4.61. The second kappa shape index (κ2) is 8.17. The van der Waals surface area contributed by atoms with Gasteiger partial charge >= 0.3 is 6.09 Å². The van der Waals surface area contributed by atoms with Crippen LogP contribution < -0.4 is 4.74 Å². The molecule has 0 bridgehead atoms. The van der Waals surface area contributed by atoms with Crippen molar-refractivity contribution < 1.29 is 23.0 Å². The van der Waals surface area contributed by atoms with Crippen LogP contribution in [-0.2, 0) is 31.0 Å². The van der Waals surface area contributed by atoms with Gasteiger partial charge in [0.2, 0.25) is 0 Å². The summed E-state index contributed by atoms with van der Waals surface area (Å²) in [6.45, 7) is 5.23. The molecule has 1 heterocycles. The number of benzene rings is 2. The van der Waals surface area contributed by atoms with Gasteiger partial charge in [0.1, 0.15) is 30.4 Å². The molecule has 28 heavy (non-hydrogen) atoms. The fourth-order valence-corrected chi connectivity index (χ4v) is 3.18. The molecule has 0 aliphatic carbocycles. The Bertz CT molecular complexity index is 847. The summed E-state index contributed by atoms with van der Waals surface area (Å²) in [4.78, 5) is 14.0. The van der Waals surface area contributed by atoms with Crippen LogP contribution in [0.2, 0.25) is 0 Å². The molecule has 2 aromatic carbocycles. The average Bonchev–Trinajstić information content (AvgIpc) is 2.66. The molecule has 1 aliphatic heterocycles. The third-order valence-corrected chi connectivity index (χ3v) is 4.53. The number of hydrogen-bond acceptors (Lipinski definition) is 3. The first-order valence-electron chi connectivity index (χ1n) is 9.32. The molecule has 1 amide bonds. The minimum Gasteiger partial charge on any atom is -0.489 e. The zero-order valence-electron chi connectivity index (χ0n) is 16.4. The molecule has 2 aromatic rings. The van der Waals surface area contributed by atoms with Gasteiger partial charge in [-0.1, -0.05) is 30.3 Å². The van der Waals surface area contributed by atoms with Crippen LogP contribution in [0.25, 0.3) is 0 Å². The highest BCUT2D eigenvalue weighted by Gasteiger charge is 2.30. The Morgan fingerprint density at radius 3 is 2.54 bits per heavy atom. The van der Waals surface area contributed by atoms with Crippen LogP contribution in [0.5, 0.6) is 5.75 Å². The van der Waals surface area contributed by atoms with Crippen LogP contribution in [0.3, 0.4) is 0 Å². The molecule has 0 N–H and O–H groups in total. The van der Waals surface area contributed by atoms with Crippen molar-refractivity contribution in [2.45, 2.75) is 52.6 Å². The molecule has 0 saturated carbocycles. The van der Waals surface area contributed by atoms with E-state index in [0.29, 0.717) is 23.4 Å². The maximum absolute atomic E-state index is 14.7. The van der Waals surface area contributed by atoms with Crippen molar-refractivity contribution in [3.63, 3.8) is 0 Å². The van der Waals surface area contributed by atoms with Gasteiger partial charge in [0.25, 0.3) is 0 Å². The van der Waals surface area contributed by atoms with Crippen LogP contribution in [0.4, 0.5) is 13.6 Å². The van der Waals surface area contributed by atoms with Crippen molar-refractivity contribution in [3.05, 3.63) is 64.5 Å². The maximum Gasteiger partial charge on any atom is 0.410 e. The molecule has 0 spiro atoms. The smallest absolute Gasteiger partial charge is 0.410 e. The highest BCUT2D eigenvalue weighted by atomic mass is 19.1. The Balaban J connectivity index is 1.87. The fourth-order valence-electron chi connectivity index (χ4n) is 3.18. The lowest BCUT2D eigenvalue weighted by atomic mass is 9.95. The van der Waals surface area contributed by atoms with E-state index in [0.717, 1.165) is 5.56 Å². The van der Waals surface area contributed by atoms with E-state index in [-0.39, 0.29) is 25.1 Å². The molecule has 150 valence electrons. The number of rotatable bonds is 4. The highest BCUT2D eigenvalue weighted by Crippen LogP contribution is 2.34. The number of fused-ring (bicyclic) bond motifs is 1. The molecule has 0 unspecified atom stereocenters. The second-order valence-electron chi connectivity index (χ2n) is 7.86. The number of carbonyl (C=O) groups excluding carboxylic acids is 1. The Morgan fingerprint density at radius 2 is 1.89 bits per heavy atom. The number of alkyl halides is 1. The lowest BCUT2D eigenvalue weighted by Gasteiger charge is -2.32. The lowest BCUT2D eigenvalue weighted by molar-refractivity contribution is 0.0220. The molecular weight excluding hydrogens is 364 g/mol. The van der Waals surface area contributed by atoms with Crippen LogP contribution in [-0.4, -0.2) is 23.1 Å². The topological polar surface area (TPSA) is 38.8 Å². The van der Waals surface area contributed by atoms with Crippen LogP contribution in [0, 0.1) is 5.82 Å². The predicted molar refractivity (Wildman–Crippen MR) is 102 cm³/mol. The van der Waals surface area contributed by atoms with Crippen molar-refractivity contribution in [1.82, 2.24) is 4.90 Å². The molecular formula is C22H25F2NO3. The van der Waals surface area contributed by atoms with Gasteiger partial charge in [-0.05, 0) is 44.4 Å². The Morgan fingerprint density at radius 1 is 1.18 bits per heavy atom. The summed E-state index contributed by atoms with van der Waals surface area (Å²) in [5.74, 6) is -0.144. The zero-order chi connectivity index (χ0) is 20.3. The zero-order valence-corrected chi connectivity index (χ0v) is 16.4. The summed E-state index contributed by atoms with van der Waals surface area (Å²) in [7, 11) is 0. The van der Waals surface area contributed by atoms with E-state index in [9.17, 15) is 13.6 Å². The molecule has 3 rings (SSSR count). The molecule has 0 fully saturated rings. The van der Waals surface area contributed by atoms with E-state index >= 15 is 0 Å². The van der Waals surface area contributed by atoms with Gasteiger partial charge in [-0.25, -0.2) is 13.6 Å². The summed E-state index contributed by atoms with van der Waals surface area (Å²) < 4.78 is 39.3. The van der Waals surface area contributed by atoms with Gasteiger partial charge in [0.15, 0.2) is 0 Å². The number of nitrogens with zero attached hydrogens (tertiary/aromatic N) is 1. The Hall–Kier alpha value is -2.63. The first-order valence-corrected chi connectivity index (χ1v) is 9.32. The SMILES string of the molecule is CC(C)(C)OC(=O)N1CCc2c(F)c(CF)cc(OCc3ccccc3)c2C1. The van der Waals surface area contributed by atoms with Crippen LogP contribution >= 0.6 is 0 Å². The van der Waals surface area contributed by atoms with E-state index in [1.807, 2.05) is 30.3 Å². The first kappa shape index (κ1) is 20.1. The van der Waals surface area contributed by atoms with Crippen molar-refractivity contribution in [2.75, 3.05) is 6.54 Å². The minimum atomic E-state index is -0.906. The van der Waals surface area contributed by atoms with Gasteiger partial charge < -0.3 is 14.4 Å². The molecule has 4 nitrogen and oxygen atoms in total. The summed E-state index contributed by atoms with van der Waals surface area (Å²) in [5.41, 5.74) is 1.29. The van der Waals surface area contributed by atoms with Gasteiger partial charge in [-0.2, -0.15) is 0 Å². The van der Waals surface area contributed by atoms with E-state index in [1.165, 1.54) is 11.0 Å². The van der Waals surface area contributed by atoms with Crippen molar-refractivity contribution >= 4 is 6.09 Å². The number of amides is 1. The monoisotopic (exact) mass is 389 g/mol. The quantitative estimate of drug-likeness (QED) is 0.724. The van der Waals surface area contributed by atoms with E-state index in [2.05, 4.69) is 0 Å². The maximum atomic E-state index is 14.7. The van der Waals surface area contributed by atoms with Crippen molar-refractivity contribution in [3.8, 4) is 5.75 Å². The van der Waals surface area contributed by atoms with E-state index in [4.69, 9.17) is 9.47 Å². The van der Waals surface area contributed by atoms with Crippen LogP contribution in [0.1, 0.15) is 43.0 Å². The summed E-state index contributed by atoms with van der Waals surface area (Å²) >= 11 is 0. The van der Waals surface area contributed by atoms with Gasteiger partial charge in [0.05, 0.1) is 6.54 Å². The summed E-state index contributed by atoms with van der Waals surface area (Å²) in [6, 6.07) is 10.9. The predicted octanol–water partition coefficient (Wildman–Crippen LogP) is 5.17. The average molecular weight is 389 g/mol. The Kier molecular flexibility index (Phi) is 5.87. The van der Waals surface area contributed by atoms with Gasteiger partial charge in [-0.3, -0.25) is 0 Å². The summed E-state index contributed by atoms with van der Waals surface area (Å²) in [5, 5.41) is 0. The first-order chi connectivity index (χ1) is 13.3. The molecule has 1 aliphatic rings. The summed E-state index contributed by atoms with van der Waals surface area (Å²) in [6.07, 6.45) is -0.169. The normalized spacial score (nSPS) is 13.8. The molecule has 0 aromatic heterocycles. The number of hydrogen-bond donors (Lipinski definition) is 0. The third-order valence-electron chi connectivity index (χ3n) is 4.53. The molecule has 0 saturated heterocycles. The van der Waals surface area contributed by atoms with E-state index in [1.54, 1.807) is 20.8 Å². The lowest BCUT2D eigenvalue weighted by Crippen LogP contribution is -2.40. The van der Waals surface area contributed by atoms with Crippen molar-refractivity contribution in [1.29, 1.82) is 0 Å². The number of halogens is 2. The molecule has 0 radical (unpaired) electrons. The van der Waals surface area contributed by atoms with Crippen molar-refractivity contribution in [2.24, 2.45) is 0 Å². The number of carbonyl (C=O) groups is 1.